The van der Waals surface area contributed by atoms with E-state index in [9.17, 15) is 4.39 Å². The molecule has 0 saturated carbocycles. The molecule has 4 heteroatoms. The summed E-state index contributed by atoms with van der Waals surface area (Å²) in [6.07, 6.45) is 0.571. The summed E-state index contributed by atoms with van der Waals surface area (Å²) in [6, 6.07) is 11.0. The Labute approximate surface area is 132 Å². The monoisotopic (exact) mass is 355 g/mol. The van der Waals surface area contributed by atoms with Gasteiger partial charge in [-0.3, -0.25) is 0 Å². The summed E-state index contributed by atoms with van der Waals surface area (Å²) in [7, 11) is 1.88. The molecule has 0 aromatic heterocycles. The van der Waals surface area contributed by atoms with Crippen LogP contribution < -0.4 is 5.32 Å². The fraction of sp³-hybridized carbons (Fsp3) is 0.250. The molecule has 106 valence electrons. The van der Waals surface area contributed by atoms with Crippen LogP contribution in [0.1, 0.15) is 22.7 Å². The van der Waals surface area contributed by atoms with Crippen molar-refractivity contribution in [3.05, 3.63) is 68.4 Å². The quantitative estimate of drug-likeness (QED) is 0.808. The molecule has 0 aliphatic heterocycles. The highest BCUT2D eigenvalue weighted by Crippen LogP contribution is 2.28. The number of rotatable bonds is 4. The molecule has 0 aliphatic carbocycles. The van der Waals surface area contributed by atoms with Gasteiger partial charge >= 0.3 is 0 Å². The maximum atomic E-state index is 13.9. The van der Waals surface area contributed by atoms with Crippen LogP contribution in [0.2, 0.25) is 5.02 Å². The van der Waals surface area contributed by atoms with Gasteiger partial charge in [-0.1, -0.05) is 51.3 Å². The third-order valence-electron chi connectivity index (χ3n) is 3.31. The minimum Gasteiger partial charge on any atom is -0.313 e. The van der Waals surface area contributed by atoms with Crippen LogP contribution in [-0.2, 0) is 6.42 Å². The second-order valence-corrected chi connectivity index (χ2v) is 6.10. The molecule has 1 N–H and O–H groups in total. The highest BCUT2D eigenvalue weighted by Gasteiger charge is 2.15. The van der Waals surface area contributed by atoms with Gasteiger partial charge in [-0.2, -0.15) is 0 Å². The van der Waals surface area contributed by atoms with Crippen LogP contribution in [-0.4, -0.2) is 7.05 Å². The van der Waals surface area contributed by atoms with Crippen molar-refractivity contribution in [1.29, 1.82) is 0 Å². The third-order valence-corrected chi connectivity index (χ3v) is 4.27. The largest absolute Gasteiger partial charge is 0.313 e. The normalized spacial score (nSPS) is 12.4. The molecule has 2 rings (SSSR count). The van der Waals surface area contributed by atoms with E-state index >= 15 is 0 Å². The van der Waals surface area contributed by atoms with Gasteiger partial charge < -0.3 is 5.32 Å². The van der Waals surface area contributed by atoms with Gasteiger partial charge in [0.25, 0.3) is 0 Å². The van der Waals surface area contributed by atoms with Gasteiger partial charge in [0.05, 0.1) is 0 Å². The summed E-state index contributed by atoms with van der Waals surface area (Å²) < 4.78 is 14.9. The van der Waals surface area contributed by atoms with Crippen LogP contribution in [0.25, 0.3) is 0 Å². The van der Waals surface area contributed by atoms with E-state index in [4.69, 9.17) is 11.6 Å². The number of likely N-dealkylation sites (N-methyl/N-ethyl adjacent to an activating group) is 1. The Morgan fingerprint density at radius 1 is 1.25 bits per heavy atom. The van der Waals surface area contributed by atoms with Crippen molar-refractivity contribution in [3.8, 4) is 0 Å². The van der Waals surface area contributed by atoms with E-state index < -0.39 is 0 Å². The second kappa shape index (κ2) is 6.70. The Balaban J connectivity index is 2.31. The average molecular weight is 357 g/mol. The molecule has 1 atom stereocenters. The lowest BCUT2D eigenvalue weighted by Crippen LogP contribution is -2.20. The van der Waals surface area contributed by atoms with E-state index in [1.807, 2.05) is 26.1 Å². The molecule has 0 saturated heterocycles. The Hall–Kier alpha value is -0.900. The van der Waals surface area contributed by atoms with Gasteiger partial charge in [0.15, 0.2) is 0 Å². The number of hydrogen-bond donors (Lipinski definition) is 1. The van der Waals surface area contributed by atoms with E-state index in [1.165, 1.54) is 11.6 Å². The number of nitrogens with one attached hydrogen (secondary N) is 1. The molecule has 0 heterocycles. The first kappa shape index (κ1) is 15.5. The van der Waals surface area contributed by atoms with Crippen molar-refractivity contribution < 1.29 is 4.39 Å². The zero-order valence-electron chi connectivity index (χ0n) is 11.4. The highest BCUT2D eigenvalue weighted by molar-refractivity contribution is 9.10. The SMILES string of the molecule is CNC(Cc1ccc(Cl)cc1F)c1cc(C)ccc1Br. The van der Waals surface area contributed by atoms with Crippen molar-refractivity contribution in [2.45, 2.75) is 19.4 Å². The molecule has 0 amide bonds. The van der Waals surface area contributed by atoms with Gasteiger partial charge in [0.2, 0.25) is 0 Å². The van der Waals surface area contributed by atoms with E-state index in [0.717, 1.165) is 10.0 Å². The zero-order chi connectivity index (χ0) is 14.7. The molecule has 0 spiro atoms. The van der Waals surface area contributed by atoms with E-state index in [0.29, 0.717) is 17.0 Å². The fourth-order valence-electron chi connectivity index (χ4n) is 2.20. The van der Waals surface area contributed by atoms with Gasteiger partial charge in [-0.15, -0.1) is 0 Å². The predicted molar refractivity (Wildman–Crippen MR) is 85.8 cm³/mol. The maximum absolute atomic E-state index is 13.9. The van der Waals surface area contributed by atoms with Crippen LogP contribution in [0.5, 0.6) is 0 Å². The Kier molecular flexibility index (Phi) is 5.19. The molecule has 0 bridgehead atoms. The summed E-state index contributed by atoms with van der Waals surface area (Å²) in [6.45, 7) is 2.05. The van der Waals surface area contributed by atoms with Crippen LogP contribution in [0.3, 0.4) is 0 Å². The lowest BCUT2D eigenvalue weighted by atomic mass is 9.97. The van der Waals surface area contributed by atoms with Crippen LogP contribution >= 0.6 is 27.5 Å². The minimum absolute atomic E-state index is 0.0416. The van der Waals surface area contributed by atoms with E-state index in [-0.39, 0.29) is 11.9 Å². The van der Waals surface area contributed by atoms with E-state index in [1.54, 1.807) is 12.1 Å². The number of hydrogen-bond acceptors (Lipinski definition) is 1. The molecule has 2 aromatic carbocycles. The van der Waals surface area contributed by atoms with Crippen molar-refractivity contribution in [2.75, 3.05) is 7.05 Å². The van der Waals surface area contributed by atoms with Crippen LogP contribution in [0.4, 0.5) is 4.39 Å². The van der Waals surface area contributed by atoms with Gasteiger partial charge in [-0.25, -0.2) is 4.39 Å². The van der Waals surface area contributed by atoms with Gasteiger partial charge in [0, 0.05) is 15.5 Å². The van der Waals surface area contributed by atoms with Gasteiger partial charge in [-0.05, 0) is 49.7 Å². The predicted octanol–water partition coefficient (Wildman–Crippen LogP) is 5.05. The molecule has 20 heavy (non-hydrogen) atoms. The molecule has 1 unspecified atom stereocenters. The third kappa shape index (κ3) is 3.60. The lowest BCUT2D eigenvalue weighted by Gasteiger charge is -2.19. The first-order valence-electron chi connectivity index (χ1n) is 6.38. The fourth-order valence-corrected chi connectivity index (χ4v) is 2.89. The Morgan fingerprint density at radius 2 is 2.00 bits per heavy atom. The average Bonchev–Trinajstić information content (AvgIpc) is 2.41. The van der Waals surface area contributed by atoms with Crippen molar-refractivity contribution in [1.82, 2.24) is 5.32 Å². The van der Waals surface area contributed by atoms with E-state index in [2.05, 4.69) is 27.3 Å². The first-order chi connectivity index (χ1) is 9.51. The first-order valence-corrected chi connectivity index (χ1v) is 7.55. The minimum atomic E-state index is -0.262. The second-order valence-electron chi connectivity index (χ2n) is 4.81. The zero-order valence-corrected chi connectivity index (χ0v) is 13.7. The van der Waals surface area contributed by atoms with Crippen LogP contribution in [0.15, 0.2) is 40.9 Å². The summed E-state index contributed by atoms with van der Waals surface area (Å²) in [5.74, 6) is -0.262. The Bertz CT molecular complexity index is 615. The molecule has 0 radical (unpaired) electrons. The summed E-state index contributed by atoms with van der Waals surface area (Å²) in [5.41, 5.74) is 2.96. The molecular weight excluding hydrogens is 341 g/mol. The van der Waals surface area contributed by atoms with Crippen molar-refractivity contribution >= 4 is 27.5 Å². The molecule has 2 aromatic rings. The Morgan fingerprint density at radius 3 is 2.65 bits per heavy atom. The summed E-state index contributed by atoms with van der Waals surface area (Å²) >= 11 is 9.35. The van der Waals surface area contributed by atoms with Gasteiger partial charge in [0.1, 0.15) is 5.82 Å². The smallest absolute Gasteiger partial charge is 0.127 e. The number of benzene rings is 2. The molecule has 0 aliphatic rings. The lowest BCUT2D eigenvalue weighted by molar-refractivity contribution is 0.553. The summed E-state index contributed by atoms with van der Waals surface area (Å²) in [5, 5.41) is 3.67. The maximum Gasteiger partial charge on any atom is 0.127 e. The molecule has 1 nitrogen and oxygen atoms in total. The number of aryl methyl sites for hydroxylation is 1. The summed E-state index contributed by atoms with van der Waals surface area (Å²) in [4.78, 5) is 0. The number of halogens is 3. The van der Waals surface area contributed by atoms with Crippen molar-refractivity contribution in [3.63, 3.8) is 0 Å². The molecule has 0 fully saturated rings. The topological polar surface area (TPSA) is 12.0 Å². The van der Waals surface area contributed by atoms with Crippen LogP contribution in [0, 0.1) is 12.7 Å². The highest BCUT2D eigenvalue weighted by atomic mass is 79.9. The van der Waals surface area contributed by atoms with Crippen molar-refractivity contribution in [2.24, 2.45) is 0 Å². The standard InChI is InChI=1S/C16H16BrClFN/c1-10-3-6-14(17)13(7-10)16(20-2)8-11-4-5-12(18)9-15(11)19/h3-7,9,16,20H,8H2,1-2H3. The molecular formula is C16H16BrClFN.